The van der Waals surface area contributed by atoms with Crippen LogP contribution >= 0.6 is 31.9 Å². The number of benzene rings is 3. The highest BCUT2D eigenvalue weighted by atomic mass is 79.9. The molecule has 0 saturated heterocycles. The number of hydrogen-bond donors (Lipinski definition) is 2. The average Bonchev–Trinajstić information content (AvgIpc) is 2.70. The first-order valence-corrected chi connectivity index (χ1v) is 10.3. The molecule has 0 atom stereocenters. The minimum absolute atomic E-state index is 0.0178. The van der Waals surface area contributed by atoms with E-state index in [9.17, 15) is 9.90 Å². The summed E-state index contributed by atoms with van der Waals surface area (Å²) in [4.78, 5) is 12.0. The molecule has 3 rings (SSSR count). The van der Waals surface area contributed by atoms with E-state index in [4.69, 9.17) is 9.47 Å². The summed E-state index contributed by atoms with van der Waals surface area (Å²) >= 11 is 6.70. The van der Waals surface area contributed by atoms with Gasteiger partial charge in [0.2, 0.25) is 0 Å². The Morgan fingerprint density at radius 2 is 1.86 bits per heavy atom. The summed E-state index contributed by atoms with van der Waals surface area (Å²) in [5, 5.41) is 15.9. The quantitative estimate of drug-likeness (QED) is 0.339. The van der Waals surface area contributed by atoms with Crippen LogP contribution in [0.3, 0.4) is 0 Å². The van der Waals surface area contributed by atoms with Crippen LogP contribution in [0.25, 0.3) is 10.8 Å². The molecule has 2 N–H and O–H groups in total. The molecule has 0 fully saturated rings. The lowest BCUT2D eigenvalue weighted by Crippen LogP contribution is -2.24. The van der Waals surface area contributed by atoms with Crippen LogP contribution in [0.1, 0.15) is 12.5 Å². The fourth-order valence-electron chi connectivity index (χ4n) is 2.58. The van der Waals surface area contributed by atoms with E-state index in [0.717, 1.165) is 15.2 Å². The van der Waals surface area contributed by atoms with E-state index in [-0.39, 0.29) is 18.3 Å². The van der Waals surface area contributed by atoms with Crippen molar-refractivity contribution in [2.45, 2.75) is 6.92 Å². The maximum Gasteiger partial charge on any atom is 0.277 e. The number of carbonyl (C=O) groups excluding carboxylic acids is 1. The van der Waals surface area contributed by atoms with E-state index in [1.807, 2.05) is 43.3 Å². The molecular weight excluding hydrogens is 504 g/mol. The van der Waals surface area contributed by atoms with Crippen LogP contribution in [0.4, 0.5) is 0 Å². The Balaban J connectivity index is 1.57. The molecule has 3 aromatic carbocycles. The van der Waals surface area contributed by atoms with Crippen molar-refractivity contribution in [2.75, 3.05) is 13.2 Å². The molecule has 0 aromatic heterocycles. The first-order valence-electron chi connectivity index (χ1n) is 8.75. The van der Waals surface area contributed by atoms with E-state index in [1.165, 1.54) is 6.21 Å². The van der Waals surface area contributed by atoms with Crippen molar-refractivity contribution in [3.63, 3.8) is 0 Å². The average molecular weight is 522 g/mol. The summed E-state index contributed by atoms with van der Waals surface area (Å²) in [7, 11) is 0. The van der Waals surface area contributed by atoms with Crippen molar-refractivity contribution in [3.8, 4) is 17.2 Å². The number of hydrogen-bond acceptors (Lipinski definition) is 5. The van der Waals surface area contributed by atoms with Crippen molar-refractivity contribution in [1.82, 2.24) is 5.43 Å². The number of halogens is 2. The Kier molecular flexibility index (Phi) is 7.11. The molecule has 0 heterocycles. The summed E-state index contributed by atoms with van der Waals surface area (Å²) < 4.78 is 12.4. The molecule has 0 unspecified atom stereocenters. The predicted molar refractivity (Wildman–Crippen MR) is 120 cm³/mol. The van der Waals surface area contributed by atoms with Gasteiger partial charge in [0.15, 0.2) is 18.1 Å². The van der Waals surface area contributed by atoms with E-state index in [1.54, 1.807) is 12.1 Å². The zero-order chi connectivity index (χ0) is 20.8. The largest absolute Gasteiger partial charge is 0.503 e. The maximum atomic E-state index is 12.0. The highest BCUT2D eigenvalue weighted by molar-refractivity contribution is 9.10. The summed E-state index contributed by atoms with van der Waals surface area (Å²) in [5.41, 5.74) is 3.07. The number of hydrazone groups is 1. The second kappa shape index (κ2) is 9.76. The molecule has 0 bridgehead atoms. The Bertz CT molecular complexity index is 1070. The van der Waals surface area contributed by atoms with Gasteiger partial charge >= 0.3 is 0 Å². The summed E-state index contributed by atoms with van der Waals surface area (Å²) in [5.74, 6) is 0.563. The number of amides is 1. The number of ether oxygens (including phenoxy) is 2. The third-order valence-corrected chi connectivity index (χ3v) is 4.99. The lowest BCUT2D eigenvalue weighted by Gasteiger charge is -2.08. The monoisotopic (exact) mass is 520 g/mol. The summed E-state index contributed by atoms with van der Waals surface area (Å²) in [6, 6.07) is 14.9. The first-order chi connectivity index (χ1) is 14.0. The van der Waals surface area contributed by atoms with Crippen LogP contribution in [-0.4, -0.2) is 30.4 Å². The number of fused-ring (bicyclic) bond motifs is 1. The number of aromatic hydroxyl groups is 1. The SMILES string of the molecule is CCOc1cc(/C=N\NC(=O)COc2ccc3cc(Br)ccc3c2)cc(Br)c1O. The highest BCUT2D eigenvalue weighted by Crippen LogP contribution is 2.35. The third-order valence-electron chi connectivity index (χ3n) is 3.90. The molecule has 0 spiro atoms. The molecule has 0 aliphatic heterocycles. The van der Waals surface area contributed by atoms with Crippen molar-refractivity contribution in [1.29, 1.82) is 0 Å². The number of carbonyl (C=O) groups is 1. The van der Waals surface area contributed by atoms with Crippen LogP contribution in [-0.2, 0) is 4.79 Å². The predicted octanol–water partition coefficient (Wildman–Crippen LogP) is 5.00. The Hall–Kier alpha value is -2.58. The standard InChI is InChI=1S/C21H18Br2N2O4/c1-2-28-19-8-13(7-18(23)21(19)27)11-24-25-20(26)12-29-17-6-4-14-9-16(22)5-3-15(14)10-17/h3-11,27H,2,12H2,1H3,(H,25,26)/b24-11-. The molecule has 0 aliphatic rings. The van der Waals surface area contributed by atoms with Crippen LogP contribution in [0.5, 0.6) is 17.2 Å². The summed E-state index contributed by atoms with van der Waals surface area (Å²) in [6.07, 6.45) is 1.46. The fourth-order valence-corrected chi connectivity index (χ4v) is 3.42. The number of rotatable bonds is 7. The van der Waals surface area contributed by atoms with Gasteiger partial charge in [0.05, 0.1) is 17.3 Å². The molecule has 150 valence electrons. The van der Waals surface area contributed by atoms with Crippen molar-refractivity contribution in [3.05, 3.63) is 63.0 Å². The van der Waals surface area contributed by atoms with Crippen molar-refractivity contribution in [2.24, 2.45) is 5.10 Å². The molecule has 0 radical (unpaired) electrons. The van der Waals surface area contributed by atoms with Gasteiger partial charge in [-0.3, -0.25) is 4.79 Å². The van der Waals surface area contributed by atoms with E-state index in [0.29, 0.717) is 28.1 Å². The Morgan fingerprint density at radius 3 is 2.66 bits per heavy atom. The van der Waals surface area contributed by atoms with Gasteiger partial charge < -0.3 is 14.6 Å². The van der Waals surface area contributed by atoms with Gasteiger partial charge in [0, 0.05) is 4.47 Å². The molecule has 8 heteroatoms. The van der Waals surface area contributed by atoms with Gasteiger partial charge in [-0.15, -0.1) is 0 Å². The third kappa shape index (κ3) is 5.71. The Morgan fingerprint density at radius 1 is 1.10 bits per heavy atom. The Labute approximate surface area is 184 Å². The van der Waals surface area contributed by atoms with E-state index < -0.39 is 0 Å². The normalized spacial score (nSPS) is 11.0. The molecular formula is C21H18Br2N2O4. The molecule has 6 nitrogen and oxygen atoms in total. The number of nitrogens with zero attached hydrogens (tertiary/aromatic N) is 1. The lowest BCUT2D eigenvalue weighted by molar-refractivity contribution is -0.123. The zero-order valence-electron chi connectivity index (χ0n) is 15.5. The number of phenolic OH excluding ortho intramolecular Hbond substituents is 1. The van der Waals surface area contributed by atoms with Crippen molar-refractivity contribution < 1.29 is 19.4 Å². The van der Waals surface area contributed by atoms with Gasteiger partial charge in [-0.05, 0) is 75.6 Å². The van der Waals surface area contributed by atoms with E-state index in [2.05, 4.69) is 42.4 Å². The highest BCUT2D eigenvalue weighted by Gasteiger charge is 2.08. The maximum absolute atomic E-state index is 12.0. The second-order valence-corrected chi connectivity index (χ2v) is 7.79. The van der Waals surface area contributed by atoms with E-state index >= 15 is 0 Å². The van der Waals surface area contributed by atoms with Gasteiger partial charge in [0.1, 0.15) is 5.75 Å². The van der Waals surface area contributed by atoms with Gasteiger partial charge in [-0.1, -0.05) is 28.1 Å². The lowest BCUT2D eigenvalue weighted by atomic mass is 10.1. The van der Waals surface area contributed by atoms with Crippen molar-refractivity contribution >= 4 is 54.8 Å². The molecule has 3 aromatic rings. The van der Waals surface area contributed by atoms with Gasteiger partial charge in [0.25, 0.3) is 5.91 Å². The molecule has 0 aliphatic carbocycles. The smallest absolute Gasteiger partial charge is 0.277 e. The fraction of sp³-hybridized carbons (Fsp3) is 0.143. The molecule has 0 saturated carbocycles. The number of nitrogens with one attached hydrogen (secondary N) is 1. The van der Waals surface area contributed by atoms with Gasteiger partial charge in [-0.25, -0.2) is 5.43 Å². The topological polar surface area (TPSA) is 80.2 Å². The minimum atomic E-state index is -0.389. The van der Waals surface area contributed by atoms with Gasteiger partial charge in [-0.2, -0.15) is 5.10 Å². The summed E-state index contributed by atoms with van der Waals surface area (Å²) in [6.45, 7) is 2.08. The van der Waals surface area contributed by atoms with Crippen LogP contribution in [0, 0.1) is 0 Å². The minimum Gasteiger partial charge on any atom is -0.503 e. The molecule has 29 heavy (non-hydrogen) atoms. The van der Waals surface area contributed by atoms with Crippen LogP contribution in [0.2, 0.25) is 0 Å². The first kappa shape index (κ1) is 21.1. The zero-order valence-corrected chi connectivity index (χ0v) is 18.7. The number of phenols is 1. The second-order valence-electron chi connectivity index (χ2n) is 6.02. The molecule has 1 amide bonds. The van der Waals surface area contributed by atoms with Crippen LogP contribution < -0.4 is 14.9 Å². The van der Waals surface area contributed by atoms with Crippen LogP contribution in [0.15, 0.2) is 62.6 Å².